The number of amides is 1. The van der Waals surface area contributed by atoms with Crippen LogP contribution in [0.1, 0.15) is 35.5 Å². The van der Waals surface area contributed by atoms with Crippen molar-refractivity contribution in [3.8, 4) is 0 Å². The van der Waals surface area contributed by atoms with E-state index in [0.717, 1.165) is 73.4 Å². The molecule has 0 radical (unpaired) electrons. The summed E-state index contributed by atoms with van der Waals surface area (Å²) in [7, 11) is 0. The van der Waals surface area contributed by atoms with Crippen LogP contribution in [0, 0.1) is 19.8 Å². The number of rotatable bonds is 4. The van der Waals surface area contributed by atoms with Crippen molar-refractivity contribution < 1.29 is 4.79 Å². The Morgan fingerprint density at radius 1 is 1.07 bits per heavy atom. The highest BCUT2D eigenvalue weighted by Crippen LogP contribution is 2.32. The number of anilines is 1. The minimum Gasteiger partial charge on any atom is -0.353 e. The van der Waals surface area contributed by atoms with Crippen molar-refractivity contribution in [2.75, 3.05) is 31.1 Å². The summed E-state index contributed by atoms with van der Waals surface area (Å²) < 4.78 is 0. The fourth-order valence-electron chi connectivity index (χ4n) is 3.72. The lowest BCUT2D eigenvalue weighted by molar-refractivity contribution is -0.132. The summed E-state index contributed by atoms with van der Waals surface area (Å²) in [6.07, 6.45) is 2.91. The van der Waals surface area contributed by atoms with Crippen LogP contribution in [0.2, 0.25) is 5.02 Å². The van der Waals surface area contributed by atoms with Gasteiger partial charge in [0.05, 0.1) is 0 Å². The quantitative estimate of drug-likeness (QED) is 0.810. The van der Waals surface area contributed by atoms with E-state index in [4.69, 9.17) is 16.6 Å². The van der Waals surface area contributed by atoms with Gasteiger partial charge in [-0.25, -0.2) is 9.97 Å². The molecule has 5 nitrogen and oxygen atoms in total. The molecule has 0 N–H and O–H groups in total. The van der Waals surface area contributed by atoms with Crippen LogP contribution < -0.4 is 4.90 Å². The molecule has 6 heteroatoms. The van der Waals surface area contributed by atoms with E-state index < -0.39 is 0 Å². The Morgan fingerprint density at radius 2 is 1.74 bits per heavy atom. The van der Waals surface area contributed by atoms with Crippen LogP contribution in [0.25, 0.3) is 0 Å². The third kappa shape index (κ3) is 4.08. The molecule has 0 unspecified atom stereocenters. The van der Waals surface area contributed by atoms with Crippen molar-refractivity contribution in [1.82, 2.24) is 14.9 Å². The van der Waals surface area contributed by atoms with Gasteiger partial charge in [0.2, 0.25) is 5.91 Å². The topological polar surface area (TPSA) is 49.3 Å². The van der Waals surface area contributed by atoms with Crippen molar-refractivity contribution in [3.63, 3.8) is 0 Å². The molecule has 2 fully saturated rings. The molecule has 142 valence electrons. The minimum atomic E-state index is 0.292. The highest BCUT2D eigenvalue weighted by molar-refractivity contribution is 6.30. The molecule has 1 amide bonds. The number of halogens is 1. The number of hydrogen-bond donors (Lipinski definition) is 0. The minimum absolute atomic E-state index is 0.292. The first-order valence-electron chi connectivity index (χ1n) is 9.63. The van der Waals surface area contributed by atoms with E-state index in [1.807, 2.05) is 24.0 Å². The van der Waals surface area contributed by atoms with Crippen LogP contribution in [-0.4, -0.2) is 47.0 Å². The lowest BCUT2D eigenvalue weighted by Gasteiger charge is -2.36. The zero-order valence-corrected chi connectivity index (χ0v) is 16.7. The summed E-state index contributed by atoms with van der Waals surface area (Å²) in [5.41, 5.74) is 3.37. The number of hydrogen-bond acceptors (Lipinski definition) is 4. The van der Waals surface area contributed by atoms with E-state index in [9.17, 15) is 4.79 Å². The third-order valence-electron chi connectivity index (χ3n) is 5.42. The largest absolute Gasteiger partial charge is 0.353 e. The van der Waals surface area contributed by atoms with Gasteiger partial charge in [-0.15, -0.1) is 0 Å². The van der Waals surface area contributed by atoms with Crippen molar-refractivity contribution in [2.45, 2.75) is 33.1 Å². The Morgan fingerprint density at radius 3 is 2.37 bits per heavy atom. The second kappa shape index (κ2) is 7.47. The molecule has 0 atom stereocenters. The fourth-order valence-corrected chi connectivity index (χ4v) is 3.85. The first kappa shape index (κ1) is 18.2. The average Bonchev–Trinajstić information content (AvgIpc) is 3.50. The zero-order valence-electron chi connectivity index (χ0n) is 15.9. The normalized spacial score (nSPS) is 17.3. The van der Waals surface area contributed by atoms with Crippen LogP contribution in [-0.2, 0) is 11.2 Å². The van der Waals surface area contributed by atoms with Gasteiger partial charge >= 0.3 is 0 Å². The van der Waals surface area contributed by atoms with E-state index >= 15 is 0 Å². The number of carbonyl (C=O) groups excluding carboxylic acids is 1. The van der Waals surface area contributed by atoms with Gasteiger partial charge in [-0.05, 0) is 44.4 Å². The maximum absolute atomic E-state index is 12.3. The molecule has 1 aromatic carbocycles. The molecule has 1 aromatic heterocycles. The van der Waals surface area contributed by atoms with Crippen molar-refractivity contribution in [3.05, 3.63) is 51.9 Å². The average molecular weight is 385 g/mol. The van der Waals surface area contributed by atoms with E-state index in [-0.39, 0.29) is 0 Å². The zero-order chi connectivity index (χ0) is 19.0. The maximum atomic E-state index is 12.3. The summed E-state index contributed by atoms with van der Waals surface area (Å²) in [6, 6.07) is 7.95. The lowest BCUT2D eigenvalue weighted by Crippen LogP contribution is -2.49. The number of carbonyl (C=O) groups is 1. The summed E-state index contributed by atoms with van der Waals surface area (Å²) in [6.45, 7) is 7.19. The molecule has 1 saturated heterocycles. The molecular weight excluding hydrogens is 360 g/mol. The molecule has 0 spiro atoms. The van der Waals surface area contributed by atoms with Gasteiger partial charge in [-0.1, -0.05) is 23.7 Å². The van der Waals surface area contributed by atoms with Crippen LogP contribution in [0.5, 0.6) is 0 Å². The van der Waals surface area contributed by atoms with Crippen LogP contribution >= 0.6 is 11.6 Å². The summed E-state index contributed by atoms with van der Waals surface area (Å²) in [5.74, 6) is 2.43. The molecule has 1 saturated carbocycles. The predicted octanol–water partition coefficient (Wildman–Crippen LogP) is 3.40. The first-order chi connectivity index (χ1) is 13.0. The summed E-state index contributed by atoms with van der Waals surface area (Å²) in [5, 5.41) is 0.743. The SMILES string of the molecule is Cc1nc(C)c(Cc2ccc(Cl)cc2)c(N2CCN(C(=O)C3CC3)CC2)n1. The van der Waals surface area contributed by atoms with Gasteiger partial charge in [0.25, 0.3) is 0 Å². The first-order valence-corrected chi connectivity index (χ1v) is 10.0. The van der Waals surface area contributed by atoms with E-state index in [0.29, 0.717) is 11.8 Å². The van der Waals surface area contributed by atoms with Crippen LogP contribution in [0.4, 0.5) is 5.82 Å². The molecule has 1 aliphatic carbocycles. The Labute approximate surface area is 165 Å². The second-order valence-corrected chi connectivity index (χ2v) is 7.98. The molecule has 4 rings (SSSR count). The predicted molar refractivity (Wildman–Crippen MR) is 107 cm³/mol. The smallest absolute Gasteiger partial charge is 0.225 e. The Hall–Kier alpha value is -2.14. The number of piperazine rings is 1. The second-order valence-electron chi connectivity index (χ2n) is 7.55. The van der Waals surface area contributed by atoms with Crippen LogP contribution in [0.3, 0.4) is 0 Å². The van der Waals surface area contributed by atoms with E-state index in [2.05, 4.69) is 28.9 Å². The Balaban J connectivity index is 1.54. The highest BCUT2D eigenvalue weighted by Gasteiger charge is 2.35. The molecule has 1 aliphatic heterocycles. The molecular formula is C21H25ClN4O. The number of aromatic nitrogens is 2. The molecule has 0 bridgehead atoms. The number of nitrogens with zero attached hydrogens (tertiary/aromatic N) is 4. The summed E-state index contributed by atoms with van der Waals surface area (Å²) >= 11 is 6.02. The maximum Gasteiger partial charge on any atom is 0.225 e. The molecule has 2 aliphatic rings. The van der Waals surface area contributed by atoms with Gasteiger partial charge in [0.1, 0.15) is 11.6 Å². The van der Waals surface area contributed by atoms with Gasteiger partial charge in [-0.3, -0.25) is 4.79 Å². The standard InChI is InChI=1S/C21H25ClN4O/c1-14-19(13-16-3-7-18(22)8-4-16)20(24-15(2)23-14)25-9-11-26(12-10-25)21(27)17-5-6-17/h3-4,7-8,17H,5-6,9-13H2,1-2H3. The van der Waals surface area contributed by atoms with Crippen LogP contribution in [0.15, 0.2) is 24.3 Å². The number of aryl methyl sites for hydroxylation is 2. The van der Waals surface area contributed by atoms with Gasteiger partial charge in [-0.2, -0.15) is 0 Å². The third-order valence-corrected chi connectivity index (χ3v) is 5.67. The fraction of sp³-hybridized carbons (Fsp3) is 0.476. The Kier molecular flexibility index (Phi) is 5.04. The van der Waals surface area contributed by atoms with Gasteiger partial charge < -0.3 is 9.80 Å². The molecule has 27 heavy (non-hydrogen) atoms. The van der Waals surface area contributed by atoms with Crippen molar-refractivity contribution >= 4 is 23.3 Å². The monoisotopic (exact) mass is 384 g/mol. The van der Waals surface area contributed by atoms with Gasteiger partial charge in [0.15, 0.2) is 0 Å². The van der Waals surface area contributed by atoms with Crippen molar-refractivity contribution in [1.29, 1.82) is 0 Å². The van der Waals surface area contributed by atoms with E-state index in [1.54, 1.807) is 0 Å². The lowest BCUT2D eigenvalue weighted by atomic mass is 10.0. The van der Waals surface area contributed by atoms with Crippen molar-refractivity contribution in [2.24, 2.45) is 5.92 Å². The molecule has 2 heterocycles. The highest BCUT2D eigenvalue weighted by atomic mass is 35.5. The van der Waals surface area contributed by atoms with E-state index in [1.165, 1.54) is 5.56 Å². The molecule has 2 aromatic rings. The van der Waals surface area contributed by atoms with Gasteiger partial charge in [0, 0.05) is 54.8 Å². The number of benzene rings is 1. The summed E-state index contributed by atoms with van der Waals surface area (Å²) in [4.78, 5) is 26.0. The Bertz CT molecular complexity index is 840.